The Labute approximate surface area is 130 Å². The number of nitrogens with zero attached hydrogens (tertiary/aromatic N) is 2. The molecule has 1 unspecified atom stereocenters. The first kappa shape index (κ1) is 14.7. The lowest BCUT2D eigenvalue weighted by Crippen LogP contribution is -2.31. The molecule has 2 fully saturated rings. The van der Waals surface area contributed by atoms with Crippen LogP contribution in [0.1, 0.15) is 49.6 Å². The summed E-state index contributed by atoms with van der Waals surface area (Å²) in [5.41, 5.74) is 1.38. The van der Waals surface area contributed by atoms with Crippen LogP contribution in [0.5, 0.6) is 0 Å². The van der Waals surface area contributed by atoms with Gasteiger partial charge in [0.15, 0.2) is 5.13 Å². The Kier molecular flexibility index (Phi) is 4.58. The molecule has 1 N–H and O–H groups in total. The lowest BCUT2D eigenvalue weighted by molar-refractivity contribution is 0.590. The maximum Gasteiger partial charge on any atom is 0.185 e. The number of thiazole rings is 1. The molecule has 3 rings (SSSR count). The van der Waals surface area contributed by atoms with E-state index in [1.165, 1.54) is 46.5 Å². The summed E-state index contributed by atoms with van der Waals surface area (Å²) in [5.74, 6) is 3.31. The Bertz CT molecular complexity index is 448. The zero-order valence-electron chi connectivity index (χ0n) is 12.7. The zero-order chi connectivity index (χ0) is 14.1. The maximum atomic E-state index is 4.99. The molecule has 1 aromatic heterocycles. The van der Waals surface area contributed by atoms with Crippen molar-refractivity contribution in [3.63, 3.8) is 0 Å². The van der Waals surface area contributed by atoms with E-state index >= 15 is 0 Å². The third kappa shape index (κ3) is 3.31. The summed E-state index contributed by atoms with van der Waals surface area (Å²) in [6.45, 7) is 5.40. The second-order valence-corrected chi connectivity index (χ2v) is 8.45. The van der Waals surface area contributed by atoms with Crippen LogP contribution in [0.25, 0.3) is 0 Å². The van der Waals surface area contributed by atoms with Crippen LogP contribution in [0.2, 0.25) is 0 Å². The average molecular weight is 312 g/mol. The van der Waals surface area contributed by atoms with Crippen LogP contribution in [0.3, 0.4) is 0 Å². The molecule has 0 bridgehead atoms. The van der Waals surface area contributed by atoms with Crippen LogP contribution < -0.4 is 10.2 Å². The standard InChI is InChI=1S/C15H25N3S2/c1-10(2)16-8-13-14(11-4-5-11)17-15(20-13)18(3)12-6-7-19-9-12/h10-12,16H,4-9H2,1-3H3. The summed E-state index contributed by atoms with van der Waals surface area (Å²) in [7, 11) is 2.23. The molecular weight excluding hydrogens is 286 g/mol. The maximum absolute atomic E-state index is 4.99. The molecule has 5 heteroatoms. The largest absolute Gasteiger partial charge is 0.347 e. The van der Waals surface area contributed by atoms with Gasteiger partial charge in [-0.15, -0.1) is 11.3 Å². The molecule has 2 aliphatic rings. The fourth-order valence-corrected chi connectivity index (χ4v) is 4.98. The molecule has 1 saturated heterocycles. The smallest absolute Gasteiger partial charge is 0.185 e. The Morgan fingerprint density at radius 2 is 2.15 bits per heavy atom. The van der Waals surface area contributed by atoms with Crippen molar-refractivity contribution in [2.45, 2.75) is 57.7 Å². The van der Waals surface area contributed by atoms with Gasteiger partial charge in [-0.1, -0.05) is 13.8 Å². The van der Waals surface area contributed by atoms with Crippen molar-refractivity contribution in [1.82, 2.24) is 10.3 Å². The average Bonchev–Trinajstić information content (AvgIpc) is 2.97. The molecule has 0 aromatic carbocycles. The van der Waals surface area contributed by atoms with E-state index in [2.05, 4.69) is 42.9 Å². The monoisotopic (exact) mass is 311 g/mol. The van der Waals surface area contributed by atoms with Gasteiger partial charge in [0.25, 0.3) is 0 Å². The predicted octanol–water partition coefficient (Wildman–Crippen LogP) is 3.46. The van der Waals surface area contributed by atoms with E-state index in [0.29, 0.717) is 12.1 Å². The molecule has 1 aromatic rings. The van der Waals surface area contributed by atoms with Crippen molar-refractivity contribution in [2.75, 3.05) is 23.5 Å². The Morgan fingerprint density at radius 3 is 2.75 bits per heavy atom. The van der Waals surface area contributed by atoms with Crippen LogP contribution in [-0.2, 0) is 6.54 Å². The van der Waals surface area contributed by atoms with Gasteiger partial charge in [-0.3, -0.25) is 0 Å². The Morgan fingerprint density at radius 1 is 1.35 bits per heavy atom. The summed E-state index contributed by atoms with van der Waals surface area (Å²) >= 11 is 3.98. The van der Waals surface area contributed by atoms with Crippen LogP contribution in [0.15, 0.2) is 0 Å². The minimum atomic E-state index is 0.538. The first-order valence-corrected chi connectivity index (χ1v) is 9.66. The zero-order valence-corrected chi connectivity index (χ0v) is 14.3. The first-order chi connectivity index (χ1) is 9.65. The van der Waals surface area contributed by atoms with Crippen molar-refractivity contribution < 1.29 is 0 Å². The minimum Gasteiger partial charge on any atom is -0.347 e. The Balaban J connectivity index is 1.75. The second-order valence-electron chi connectivity index (χ2n) is 6.24. The summed E-state index contributed by atoms with van der Waals surface area (Å²) in [4.78, 5) is 8.88. The SMILES string of the molecule is CC(C)NCc1sc(N(C)C2CCSC2)nc1C1CC1. The molecule has 0 amide bonds. The van der Waals surface area contributed by atoms with Gasteiger partial charge in [0.2, 0.25) is 0 Å². The van der Waals surface area contributed by atoms with E-state index in [1.54, 1.807) is 0 Å². The highest BCUT2D eigenvalue weighted by Gasteiger charge is 2.31. The number of hydrogen-bond donors (Lipinski definition) is 1. The highest BCUT2D eigenvalue weighted by atomic mass is 32.2. The summed E-state index contributed by atoms with van der Waals surface area (Å²) in [5, 5.41) is 4.79. The van der Waals surface area contributed by atoms with Crippen LogP contribution in [0.4, 0.5) is 5.13 Å². The van der Waals surface area contributed by atoms with E-state index in [0.717, 1.165) is 12.5 Å². The van der Waals surface area contributed by atoms with Gasteiger partial charge in [0.1, 0.15) is 0 Å². The van der Waals surface area contributed by atoms with E-state index in [9.17, 15) is 0 Å². The fraction of sp³-hybridized carbons (Fsp3) is 0.800. The quantitative estimate of drug-likeness (QED) is 0.871. The van der Waals surface area contributed by atoms with E-state index in [4.69, 9.17) is 4.98 Å². The first-order valence-electron chi connectivity index (χ1n) is 7.68. The number of rotatable bonds is 6. The summed E-state index contributed by atoms with van der Waals surface area (Å²) < 4.78 is 0. The van der Waals surface area contributed by atoms with Gasteiger partial charge in [0, 0.05) is 42.2 Å². The van der Waals surface area contributed by atoms with Crippen molar-refractivity contribution >= 4 is 28.2 Å². The lowest BCUT2D eigenvalue weighted by atomic mass is 10.2. The topological polar surface area (TPSA) is 28.2 Å². The third-order valence-corrected chi connectivity index (χ3v) is 6.41. The molecule has 112 valence electrons. The molecule has 0 radical (unpaired) electrons. The lowest BCUT2D eigenvalue weighted by Gasteiger charge is -2.22. The molecule has 1 aliphatic carbocycles. The summed E-state index contributed by atoms with van der Waals surface area (Å²) in [6.07, 6.45) is 3.97. The minimum absolute atomic E-state index is 0.538. The van der Waals surface area contributed by atoms with Gasteiger partial charge < -0.3 is 10.2 Å². The van der Waals surface area contributed by atoms with Crippen molar-refractivity contribution in [3.8, 4) is 0 Å². The van der Waals surface area contributed by atoms with Crippen molar-refractivity contribution in [3.05, 3.63) is 10.6 Å². The Hall–Kier alpha value is -0.260. The highest BCUT2D eigenvalue weighted by molar-refractivity contribution is 7.99. The van der Waals surface area contributed by atoms with Crippen LogP contribution in [-0.4, -0.2) is 35.6 Å². The van der Waals surface area contributed by atoms with E-state index in [-0.39, 0.29) is 0 Å². The number of aromatic nitrogens is 1. The second kappa shape index (κ2) is 6.24. The molecule has 20 heavy (non-hydrogen) atoms. The number of hydrogen-bond acceptors (Lipinski definition) is 5. The number of anilines is 1. The molecule has 1 aliphatic heterocycles. The van der Waals surface area contributed by atoms with Crippen LogP contribution >= 0.6 is 23.1 Å². The fourth-order valence-electron chi connectivity index (χ4n) is 2.58. The van der Waals surface area contributed by atoms with Gasteiger partial charge in [-0.2, -0.15) is 11.8 Å². The van der Waals surface area contributed by atoms with Crippen LogP contribution in [0, 0.1) is 0 Å². The molecule has 2 heterocycles. The normalized spacial score (nSPS) is 22.7. The number of nitrogens with one attached hydrogen (secondary N) is 1. The third-order valence-electron chi connectivity index (χ3n) is 4.11. The van der Waals surface area contributed by atoms with Gasteiger partial charge in [0.05, 0.1) is 5.69 Å². The van der Waals surface area contributed by atoms with Gasteiger partial charge in [-0.05, 0) is 25.0 Å². The molecule has 0 spiro atoms. The van der Waals surface area contributed by atoms with Gasteiger partial charge in [-0.25, -0.2) is 4.98 Å². The number of thioether (sulfide) groups is 1. The molecular formula is C15H25N3S2. The van der Waals surface area contributed by atoms with E-state index < -0.39 is 0 Å². The van der Waals surface area contributed by atoms with Crippen molar-refractivity contribution in [1.29, 1.82) is 0 Å². The summed E-state index contributed by atoms with van der Waals surface area (Å²) in [6, 6.07) is 1.22. The molecule has 1 atom stereocenters. The predicted molar refractivity (Wildman–Crippen MR) is 90.2 cm³/mol. The van der Waals surface area contributed by atoms with Crippen molar-refractivity contribution in [2.24, 2.45) is 0 Å². The molecule has 1 saturated carbocycles. The van der Waals surface area contributed by atoms with E-state index in [1.807, 2.05) is 11.3 Å². The molecule has 3 nitrogen and oxygen atoms in total. The highest BCUT2D eigenvalue weighted by Crippen LogP contribution is 2.44. The van der Waals surface area contributed by atoms with Gasteiger partial charge >= 0.3 is 0 Å².